The molecule has 2 heterocycles. The third-order valence-electron chi connectivity index (χ3n) is 6.13. The minimum Gasteiger partial charge on any atom is -0.361 e. The minimum absolute atomic E-state index is 0.0418. The molecule has 3 amide bonds. The molecule has 0 aliphatic carbocycles. The second-order valence-electron chi connectivity index (χ2n) is 8.57. The maximum atomic E-state index is 13.1. The molecule has 34 heavy (non-hydrogen) atoms. The molecule has 1 aliphatic heterocycles. The largest absolute Gasteiger partial charge is 0.361 e. The molecule has 0 radical (unpaired) electrons. The Bertz CT molecular complexity index is 1220. The second-order valence-corrected chi connectivity index (χ2v) is 8.57. The number of nitrogens with one attached hydrogen (secondary N) is 2. The first-order valence-corrected chi connectivity index (χ1v) is 11.3. The zero-order valence-corrected chi connectivity index (χ0v) is 19.3. The van der Waals surface area contributed by atoms with Crippen LogP contribution in [-0.4, -0.2) is 35.1 Å². The molecule has 1 aliphatic rings. The molecule has 0 unspecified atom stereocenters. The summed E-state index contributed by atoms with van der Waals surface area (Å²) in [7, 11) is 0. The summed E-state index contributed by atoms with van der Waals surface area (Å²) in [6.07, 6.45) is 1.75. The summed E-state index contributed by atoms with van der Waals surface area (Å²) < 4.78 is 5.00. The summed E-state index contributed by atoms with van der Waals surface area (Å²) in [5.41, 5.74) is 4.50. The van der Waals surface area contributed by atoms with E-state index in [4.69, 9.17) is 9.78 Å². The van der Waals surface area contributed by atoms with Crippen LogP contribution in [-0.2, 0) is 6.54 Å². The number of aryl methyl sites for hydroxylation is 2. The van der Waals surface area contributed by atoms with E-state index in [0.29, 0.717) is 47.3 Å². The Morgan fingerprint density at radius 2 is 1.85 bits per heavy atom. The Hall–Kier alpha value is -4.12. The normalized spacial score (nSPS) is 13.9. The van der Waals surface area contributed by atoms with Crippen LogP contribution >= 0.6 is 0 Å². The van der Waals surface area contributed by atoms with Crippen LogP contribution in [0.3, 0.4) is 0 Å². The number of amides is 3. The van der Waals surface area contributed by atoms with Gasteiger partial charge in [-0.15, -0.1) is 0 Å². The lowest BCUT2D eigenvalue weighted by molar-refractivity contribution is 0.0713. The first kappa shape index (κ1) is 23.1. The second kappa shape index (κ2) is 10.2. The molecule has 1 fully saturated rings. The van der Waals surface area contributed by atoms with E-state index in [1.807, 2.05) is 42.2 Å². The summed E-state index contributed by atoms with van der Waals surface area (Å²) in [6, 6.07) is 16.6. The first-order chi connectivity index (χ1) is 16.4. The number of nitriles is 1. The van der Waals surface area contributed by atoms with E-state index >= 15 is 0 Å². The van der Waals surface area contributed by atoms with Crippen LogP contribution in [0.5, 0.6) is 0 Å². The number of rotatable bonds is 5. The predicted molar refractivity (Wildman–Crippen MR) is 127 cm³/mol. The molecular formula is C26H27N5O3. The molecule has 4 rings (SSSR count). The summed E-state index contributed by atoms with van der Waals surface area (Å²) in [5.74, 6) is 1.02. The molecule has 0 spiro atoms. The van der Waals surface area contributed by atoms with Gasteiger partial charge in [-0.25, -0.2) is 4.79 Å². The number of hydrogen-bond acceptors (Lipinski definition) is 5. The highest BCUT2D eigenvalue weighted by Crippen LogP contribution is 2.29. The Kier molecular flexibility index (Phi) is 6.93. The summed E-state index contributed by atoms with van der Waals surface area (Å²) >= 11 is 0. The topological polar surface area (TPSA) is 111 Å². The van der Waals surface area contributed by atoms with Crippen molar-refractivity contribution in [3.05, 3.63) is 82.2 Å². The van der Waals surface area contributed by atoms with Crippen molar-refractivity contribution in [1.82, 2.24) is 15.4 Å². The lowest BCUT2D eigenvalue weighted by Gasteiger charge is -2.32. The smallest absolute Gasteiger partial charge is 0.319 e. The molecule has 3 aromatic rings. The van der Waals surface area contributed by atoms with Gasteiger partial charge in [-0.3, -0.25) is 4.79 Å². The summed E-state index contributed by atoms with van der Waals surface area (Å²) in [4.78, 5) is 27.3. The van der Waals surface area contributed by atoms with Crippen LogP contribution in [0.15, 0.2) is 53.1 Å². The fraction of sp³-hybridized carbons (Fsp3) is 0.308. The maximum absolute atomic E-state index is 13.1. The Morgan fingerprint density at radius 1 is 1.12 bits per heavy atom. The molecule has 2 aromatic carbocycles. The monoisotopic (exact) mass is 457 g/mol. The molecule has 0 atom stereocenters. The van der Waals surface area contributed by atoms with Gasteiger partial charge in [-0.05, 0) is 68.0 Å². The van der Waals surface area contributed by atoms with E-state index in [1.54, 1.807) is 25.1 Å². The van der Waals surface area contributed by atoms with Crippen molar-refractivity contribution >= 4 is 17.6 Å². The number of urea groups is 1. The van der Waals surface area contributed by atoms with Crippen molar-refractivity contribution in [3.8, 4) is 6.07 Å². The minimum atomic E-state index is -0.378. The van der Waals surface area contributed by atoms with Gasteiger partial charge in [0.15, 0.2) is 0 Å². The van der Waals surface area contributed by atoms with Crippen LogP contribution in [0.1, 0.15) is 57.3 Å². The lowest BCUT2D eigenvalue weighted by atomic mass is 9.89. The Balaban J connectivity index is 1.34. The van der Waals surface area contributed by atoms with Gasteiger partial charge < -0.3 is 20.1 Å². The van der Waals surface area contributed by atoms with E-state index < -0.39 is 0 Å². The number of likely N-dealkylation sites (tertiary alicyclic amines) is 1. The average Bonchev–Trinajstić information content (AvgIpc) is 3.29. The van der Waals surface area contributed by atoms with Crippen molar-refractivity contribution in [3.63, 3.8) is 0 Å². The highest BCUT2D eigenvalue weighted by atomic mass is 16.5. The zero-order chi connectivity index (χ0) is 24.1. The predicted octanol–water partition coefficient (Wildman–Crippen LogP) is 4.50. The van der Waals surface area contributed by atoms with Crippen LogP contribution < -0.4 is 10.6 Å². The molecule has 8 heteroatoms. The van der Waals surface area contributed by atoms with E-state index in [9.17, 15) is 9.59 Å². The van der Waals surface area contributed by atoms with Crippen LogP contribution in [0.4, 0.5) is 10.5 Å². The van der Waals surface area contributed by atoms with Gasteiger partial charge >= 0.3 is 6.03 Å². The number of piperidine rings is 1. The lowest BCUT2D eigenvalue weighted by Crippen LogP contribution is -2.38. The van der Waals surface area contributed by atoms with Crippen molar-refractivity contribution in [2.45, 2.75) is 39.2 Å². The number of hydrogen-bond donors (Lipinski definition) is 2. The van der Waals surface area contributed by atoms with Gasteiger partial charge in [0.2, 0.25) is 0 Å². The molecule has 2 N–H and O–H groups in total. The standard InChI is InChI=1S/C26H27N5O3/c1-17-3-6-22(14-24(17)29-26(33)28-16-23-13-18(2)34-30-23)25(32)31-11-9-21(10-12-31)20-7-4-19(15-27)5-8-20/h3-8,13-14,21H,9-12,16H2,1-2H3,(H2,28,29,33). The van der Waals surface area contributed by atoms with Gasteiger partial charge in [0, 0.05) is 30.4 Å². The molecule has 1 aromatic heterocycles. The highest BCUT2D eigenvalue weighted by Gasteiger charge is 2.25. The third-order valence-corrected chi connectivity index (χ3v) is 6.13. The highest BCUT2D eigenvalue weighted by molar-refractivity contribution is 5.97. The molecular weight excluding hydrogens is 430 g/mol. The molecule has 174 valence electrons. The van der Waals surface area contributed by atoms with Crippen molar-refractivity contribution in [2.24, 2.45) is 0 Å². The van der Waals surface area contributed by atoms with Crippen molar-refractivity contribution in [1.29, 1.82) is 5.26 Å². The number of benzene rings is 2. The Labute approximate surface area is 198 Å². The molecule has 0 bridgehead atoms. The fourth-order valence-corrected chi connectivity index (χ4v) is 4.16. The first-order valence-electron chi connectivity index (χ1n) is 11.3. The van der Waals surface area contributed by atoms with Crippen LogP contribution in [0.25, 0.3) is 0 Å². The maximum Gasteiger partial charge on any atom is 0.319 e. The van der Waals surface area contributed by atoms with Gasteiger partial charge in [-0.1, -0.05) is 23.4 Å². The SMILES string of the molecule is Cc1cc(CNC(=O)Nc2cc(C(=O)N3CCC(c4ccc(C#N)cc4)CC3)ccc2C)no1. The van der Waals surface area contributed by atoms with Crippen molar-refractivity contribution < 1.29 is 14.1 Å². The quantitative estimate of drug-likeness (QED) is 0.586. The fourth-order valence-electron chi connectivity index (χ4n) is 4.16. The molecule has 8 nitrogen and oxygen atoms in total. The van der Waals surface area contributed by atoms with E-state index in [-0.39, 0.29) is 18.5 Å². The van der Waals surface area contributed by atoms with Gasteiger partial charge in [0.25, 0.3) is 5.91 Å². The van der Waals surface area contributed by atoms with E-state index in [0.717, 1.165) is 18.4 Å². The summed E-state index contributed by atoms with van der Waals surface area (Å²) in [6.45, 7) is 5.25. The number of nitrogens with zero attached hydrogens (tertiary/aromatic N) is 3. The van der Waals surface area contributed by atoms with Gasteiger partial charge in [0.05, 0.1) is 18.2 Å². The average molecular weight is 458 g/mol. The van der Waals surface area contributed by atoms with Crippen LogP contribution in [0.2, 0.25) is 0 Å². The summed E-state index contributed by atoms with van der Waals surface area (Å²) in [5, 5.41) is 18.4. The van der Waals surface area contributed by atoms with Gasteiger partial charge in [0.1, 0.15) is 11.5 Å². The van der Waals surface area contributed by atoms with Crippen molar-refractivity contribution in [2.75, 3.05) is 18.4 Å². The van der Waals surface area contributed by atoms with E-state index in [1.165, 1.54) is 5.56 Å². The van der Waals surface area contributed by atoms with Gasteiger partial charge in [-0.2, -0.15) is 5.26 Å². The number of aromatic nitrogens is 1. The number of carbonyl (C=O) groups excluding carboxylic acids is 2. The molecule has 1 saturated heterocycles. The molecule has 0 saturated carbocycles. The number of anilines is 1. The zero-order valence-electron chi connectivity index (χ0n) is 19.3. The van der Waals surface area contributed by atoms with Crippen LogP contribution in [0, 0.1) is 25.2 Å². The van der Waals surface area contributed by atoms with E-state index in [2.05, 4.69) is 21.9 Å². The number of carbonyl (C=O) groups is 2. The Morgan fingerprint density at radius 3 is 2.50 bits per heavy atom. The third kappa shape index (κ3) is 5.44.